The van der Waals surface area contributed by atoms with Gasteiger partial charge in [-0.25, -0.2) is 0 Å². The van der Waals surface area contributed by atoms with Crippen LogP contribution < -0.4 is 11.1 Å². The second-order valence-corrected chi connectivity index (χ2v) is 3.88. The molecule has 5 heteroatoms. The van der Waals surface area contributed by atoms with Crippen molar-refractivity contribution in [2.45, 2.75) is 44.8 Å². The molecule has 0 spiro atoms. The Bertz CT molecular complexity index is 203. The molecule has 0 aromatic heterocycles. The highest BCUT2D eigenvalue weighted by Crippen LogP contribution is 2.11. The number of oxime groups is 1. The lowest BCUT2D eigenvalue weighted by atomic mass is 10.1. The van der Waals surface area contributed by atoms with Gasteiger partial charge in [0.2, 0.25) is 0 Å². The summed E-state index contributed by atoms with van der Waals surface area (Å²) in [7, 11) is 0. The number of nitrogens with one attached hydrogen (secondary N) is 1. The van der Waals surface area contributed by atoms with Gasteiger partial charge < -0.3 is 21.0 Å². The van der Waals surface area contributed by atoms with E-state index >= 15 is 0 Å². The fourth-order valence-electron chi connectivity index (χ4n) is 1.77. The quantitative estimate of drug-likeness (QED) is 0.272. The lowest BCUT2D eigenvalue weighted by Gasteiger charge is -2.25. The summed E-state index contributed by atoms with van der Waals surface area (Å²) in [6.45, 7) is 3.62. The lowest BCUT2D eigenvalue weighted by molar-refractivity contribution is 0.0163. The average molecular weight is 215 g/mol. The molecular weight excluding hydrogens is 194 g/mol. The molecule has 0 saturated carbocycles. The molecule has 2 unspecified atom stereocenters. The Morgan fingerprint density at radius 3 is 3.00 bits per heavy atom. The summed E-state index contributed by atoms with van der Waals surface area (Å²) in [4.78, 5) is 0. The van der Waals surface area contributed by atoms with Gasteiger partial charge in [-0.1, -0.05) is 12.1 Å². The van der Waals surface area contributed by atoms with Crippen LogP contribution in [0, 0.1) is 0 Å². The van der Waals surface area contributed by atoms with E-state index in [2.05, 4.69) is 10.5 Å². The molecule has 1 fully saturated rings. The number of nitrogens with two attached hydrogens (primary N) is 1. The van der Waals surface area contributed by atoms with Crippen LogP contribution in [0.3, 0.4) is 0 Å². The summed E-state index contributed by atoms with van der Waals surface area (Å²) < 4.78 is 5.58. The fraction of sp³-hybridized carbons (Fsp3) is 0.900. The molecule has 15 heavy (non-hydrogen) atoms. The van der Waals surface area contributed by atoms with Crippen molar-refractivity contribution in [3.05, 3.63) is 0 Å². The first-order valence-corrected chi connectivity index (χ1v) is 5.60. The Kier molecular flexibility index (Phi) is 5.42. The highest BCUT2D eigenvalue weighted by atomic mass is 16.5. The predicted molar refractivity (Wildman–Crippen MR) is 59.1 cm³/mol. The minimum atomic E-state index is -0.0551. The molecule has 0 radical (unpaired) electrons. The third kappa shape index (κ3) is 4.05. The van der Waals surface area contributed by atoms with E-state index in [4.69, 9.17) is 15.7 Å². The maximum atomic E-state index is 8.56. The van der Waals surface area contributed by atoms with Crippen molar-refractivity contribution in [1.82, 2.24) is 5.32 Å². The minimum absolute atomic E-state index is 0.0551. The van der Waals surface area contributed by atoms with Gasteiger partial charge in [-0.15, -0.1) is 0 Å². The zero-order chi connectivity index (χ0) is 11.1. The van der Waals surface area contributed by atoms with E-state index < -0.39 is 0 Å². The van der Waals surface area contributed by atoms with E-state index in [0.29, 0.717) is 0 Å². The van der Waals surface area contributed by atoms with Crippen molar-refractivity contribution in [2.24, 2.45) is 10.9 Å². The molecule has 0 aromatic rings. The Balaban J connectivity index is 2.26. The zero-order valence-corrected chi connectivity index (χ0v) is 9.28. The van der Waals surface area contributed by atoms with Gasteiger partial charge in [-0.2, -0.15) is 0 Å². The van der Waals surface area contributed by atoms with Crippen LogP contribution in [0.1, 0.15) is 32.6 Å². The molecule has 1 aliphatic rings. The largest absolute Gasteiger partial charge is 0.409 e. The molecule has 0 aromatic carbocycles. The van der Waals surface area contributed by atoms with Crippen LogP contribution in [0.4, 0.5) is 0 Å². The molecule has 1 heterocycles. The third-order valence-electron chi connectivity index (χ3n) is 2.75. The number of ether oxygens (including phenoxy) is 1. The first-order valence-electron chi connectivity index (χ1n) is 5.60. The first-order chi connectivity index (χ1) is 7.27. The topological polar surface area (TPSA) is 79.9 Å². The minimum Gasteiger partial charge on any atom is -0.409 e. The number of hydrogen-bond acceptors (Lipinski definition) is 4. The second-order valence-electron chi connectivity index (χ2n) is 3.88. The maximum absolute atomic E-state index is 8.56. The Labute approximate surface area is 90.7 Å². The Morgan fingerprint density at radius 1 is 1.67 bits per heavy atom. The van der Waals surface area contributed by atoms with Gasteiger partial charge >= 0.3 is 0 Å². The zero-order valence-electron chi connectivity index (χ0n) is 9.28. The maximum Gasteiger partial charge on any atom is 0.156 e. The third-order valence-corrected chi connectivity index (χ3v) is 2.75. The molecule has 0 amide bonds. The fourth-order valence-corrected chi connectivity index (χ4v) is 1.77. The molecule has 1 rings (SSSR count). The molecule has 1 aliphatic heterocycles. The van der Waals surface area contributed by atoms with Gasteiger partial charge in [0, 0.05) is 13.2 Å². The van der Waals surface area contributed by atoms with Crippen LogP contribution in [-0.4, -0.2) is 36.3 Å². The second kappa shape index (κ2) is 6.63. The Hall–Kier alpha value is -0.810. The van der Waals surface area contributed by atoms with E-state index in [0.717, 1.165) is 32.4 Å². The standard InChI is InChI=1S/C10H21N3O2/c1-2-9(10(11)13-14)12-7-8-5-3-4-6-15-8/h8-9,12,14H,2-7H2,1H3,(H2,11,13). The molecule has 4 N–H and O–H groups in total. The summed E-state index contributed by atoms with van der Waals surface area (Å²) in [5.41, 5.74) is 5.54. The van der Waals surface area contributed by atoms with E-state index in [9.17, 15) is 0 Å². The molecule has 2 atom stereocenters. The van der Waals surface area contributed by atoms with Crippen LogP contribution in [0.5, 0.6) is 0 Å². The summed E-state index contributed by atoms with van der Waals surface area (Å²) in [6, 6.07) is -0.0551. The van der Waals surface area contributed by atoms with Crippen molar-refractivity contribution in [2.75, 3.05) is 13.2 Å². The molecule has 1 saturated heterocycles. The van der Waals surface area contributed by atoms with Crippen molar-refractivity contribution in [1.29, 1.82) is 0 Å². The number of nitrogens with zero attached hydrogens (tertiary/aromatic N) is 1. The first kappa shape index (κ1) is 12.3. The van der Waals surface area contributed by atoms with Gasteiger partial charge in [0.25, 0.3) is 0 Å². The van der Waals surface area contributed by atoms with E-state index in [1.807, 2.05) is 6.92 Å². The van der Waals surface area contributed by atoms with Gasteiger partial charge in [-0.3, -0.25) is 0 Å². The van der Waals surface area contributed by atoms with Crippen molar-refractivity contribution in [3.8, 4) is 0 Å². The highest BCUT2D eigenvalue weighted by molar-refractivity contribution is 5.85. The highest BCUT2D eigenvalue weighted by Gasteiger charge is 2.17. The smallest absolute Gasteiger partial charge is 0.156 e. The molecule has 88 valence electrons. The van der Waals surface area contributed by atoms with Gasteiger partial charge in [-0.05, 0) is 25.7 Å². The molecule has 0 aliphatic carbocycles. The van der Waals surface area contributed by atoms with E-state index in [1.165, 1.54) is 6.42 Å². The van der Waals surface area contributed by atoms with Crippen LogP contribution in [0.15, 0.2) is 5.16 Å². The van der Waals surface area contributed by atoms with E-state index in [-0.39, 0.29) is 18.0 Å². The number of amidine groups is 1. The SMILES string of the molecule is CCC(NCC1CCCCO1)C(N)=NO. The van der Waals surface area contributed by atoms with Crippen LogP contribution >= 0.6 is 0 Å². The van der Waals surface area contributed by atoms with Crippen molar-refractivity contribution in [3.63, 3.8) is 0 Å². The van der Waals surface area contributed by atoms with Crippen molar-refractivity contribution >= 4 is 5.84 Å². The molecule has 0 bridgehead atoms. The van der Waals surface area contributed by atoms with Gasteiger partial charge in [0.15, 0.2) is 5.84 Å². The summed E-state index contributed by atoms with van der Waals surface area (Å²) in [5.74, 6) is 0.244. The van der Waals surface area contributed by atoms with Crippen LogP contribution in [-0.2, 0) is 4.74 Å². The predicted octanol–water partition coefficient (Wildman–Crippen LogP) is 0.670. The van der Waals surface area contributed by atoms with Crippen molar-refractivity contribution < 1.29 is 9.94 Å². The molecule has 5 nitrogen and oxygen atoms in total. The average Bonchev–Trinajstić information content (AvgIpc) is 2.31. The normalized spacial score (nSPS) is 25.1. The Morgan fingerprint density at radius 2 is 2.47 bits per heavy atom. The van der Waals surface area contributed by atoms with Gasteiger partial charge in [0.05, 0.1) is 12.1 Å². The number of rotatable bonds is 5. The van der Waals surface area contributed by atoms with Crippen LogP contribution in [0.25, 0.3) is 0 Å². The van der Waals surface area contributed by atoms with Gasteiger partial charge in [0.1, 0.15) is 0 Å². The lowest BCUT2D eigenvalue weighted by Crippen LogP contribution is -2.45. The molecular formula is C10H21N3O2. The summed E-state index contributed by atoms with van der Waals surface area (Å²) in [5, 5.41) is 14.8. The number of hydrogen-bond donors (Lipinski definition) is 3. The summed E-state index contributed by atoms with van der Waals surface area (Å²) in [6.07, 6.45) is 4.57. The monoisotopic (exact) mass is 215 g/mol. The summed E-state index contributed by atoms with van der Waals surface area (Å²) >= 11 is 0. The van der Waals surface area contributed by atoms with Crippen LogP contribution in [0.2, 0.25) is 0 Å². The van der Waals surface area contributed by atoms with E-state index in [1.54, 1.807) is 0 Å².